The van der Waals surface area contributed by atoms with Crippen LogP contribution in [-0.4, -0.2) is 46.6 Å². The Labute approximate surface area is 161 Å². The number of carbonyl (C=O) groups excluding carboxylic acids is 1. The van der Waals surface area contributed by atoms with Gasteiger partial charge in [0, 0.05) is 51.3 Å². The number of amides is 1. The Morgan fingerprint density at radius 1 is 1.30 bits per heavy atom. The van der Waals surface area contributed by atoms with Crippen molar-refractivity contribution >= 4 is 5.91 Å². The summed E-state index contributed by atoms with van der Waals surface area (Å²) >= 11 is 0. The summed E-state index contributed by atoms with van der Waals surface area (Å²) in [5.41, 5.74) is 2.45. The van der Waals surface area contributed by atoms with Gasteiger partial charge in [-0.05, 0) is 23.6 Å². The molecule has 146 valence electrons. The van der Waals surface area contributed by atoms with E-state index in [-0.39, 0.29) is 17.9 Å². The third-order valence-corrected chi connectivity index (χ3v) is 5.07. The van der Waals surface area contributed by atoms with Crippen molar-refractivity contribution in [2.45, 2.75) is 45.8 Å². The lowest BCUT2D eigenvalue weighted by molar-refractivity contribution is -0.119. The van der Waals surface area contributed by atoms with E-state index >= 15 is 0 Å². The molecular weight excluding hydrogens is 340 g/mol. The second-order valence-corrected chi connectivity index (χ2v) is 7.81. The van der Waals surface area contributed by atoms with Gasteiger partial charge in [0.2, 0.25) is 5.91 Å². The lowest BCUT2D eigenvalue weighted by atomic mass is 9.94. The third kappa shape index (κ3) is 4.89. The summed E-state index contributed by atoms with van der Waals surface area (Å²) in [6.45, 7) is 9.58. The molecule has 0 bridgehead atoms. The zero-order chi connectivity index (χ0) is 19.4. The van der Waals surface area contributed by atoms with Crippen molar-refractivity contribution < 1.29 is 9.53 Å². The number of ether oxygens (including phenoxy) is 1. The fraction of sp³-hybridized carbons (Fsp3) is 0.524. The zero-order valence-electron chi connectivity index (χ0n) is 16.7. The summed E-state index contributed by atoms with van der Waals surface area (Å²) in [5.74, 6) is 1.71. The molecule has 1 amide bonds. The molecule has 1 aliphatic rings. The van der Waals surface area contributed by atoms with Crippen LogP contribution in [-0.2, 0) is 17.9 Å². The van der Waals surface area contributed by atoms with Gasteiger partial charge in [-0.1, -0.05) is 26.0 Å². The SMILES string of the molecule is COc1ccc([C@@H]2CN(Cc3cncn3CC(C)C)C[C@H]2NC(C)=O)cc1. The Morgan fingerprint density at radius 3 is 2.67 bits per heavy atom. The zero-order valence-corrected chi connectivity index (χ0v) is 16.7. The highest BCUT2D eigenvalue weighted by molar-refractivity contribution is 5.73. The maximum atomic E-state index is 11.7. The van der Waals surface area contributed by atoms with Crippen molar-refractivity contribution in [3.63, 3.8) is 0 Å². The van der Waals surface area contributed by atoms with Crippen LogP contribution in [0.2, 0.25) is 0 Å². The lowest BCUT2D eigenvalue weighted by Crippen LogP contribution is -2.38. The molecule has 3 rings (SSSR count). The van der Waals surface area contributed by atoms with Gasteiger partial charge in [-0.25, -0.2) is 4.98 Å². The standard InChI is InChI=1S/C21H30N4O2/c1-15(2)10-25-14-22-9-18(25)11-24-12-20(21(13-24)23-16(3)26)17-5-7-19(27-4)8-6-17/h5-9,14-15,20-21H,10-13H2,1-4H3,(H,23,26)/t20-,21+/m0/s1. The van der Waals surface area contributed by atoms with Crippen LogP contribution in [0.15, 0.2) is 36.8 Å². The summed E-state index contributed by atoms with van der Waals surface area (Å²) in [6, 6.07) is 8.29. The van der Waals surface area contributed by atoms with Gasteiger partial charge in [0.1, 0.15) is 5.75 Å². The molecule has 0 aliphatic carbocycles. The number of carbonyl (C=O) groups is 1. The van der Waals surface area contributed by atoms with Gasteiger partial charge in [-0.15, -0.1) is 0 Å². The Bertz CT molecular complexity index is 754. The van der Waals surface area contributed by atoms with Crippen LogP contribution in [0.4, 0.5) is 0 Å². The highest BCUT2D eigenvalue weighted by Crippen LogP contribution is 2.30. The van der Waals surface area contributed by atoms with Crippen molar-refractivity contribution in [1.82, 2.24) is 19.8 Å². The average molecular weight is 370 g/mol. The first-order valence-corrected chi connectivity index (χ1v) is 9.58. The van der Waals surface area contributed by atoms with Gasteiger partial charge in [0.15, 0.2) is 0 Å². The van der Waals surface area contributed by atoms with Crippen molar-refractivity contribution in [1.29, 1.82) is 0 Å². The second kappa shape index (κ2) is 8.57. The molecule has 6 nitrogen and oxygen atoms in total. The largest absolute Gasteiger partial charge is 0.497 e. The molecule has 0 saturated carbocycles. The number of benzene rings is 1. The first kappa shape index (κ1) is 19.4. The van der Waals surface area contributed by atoms with Gasteiger partial charge in [0.25, 0.3) is 0 Å². The van der Waals surface area contributed by atoms with E-state index in [2.05, 4.69) is 45.7 Å². The quantitative estimate of drug-likeness (QED) is 0.814. The first-order chi connectivity index (χ1) is 13.0. The van der Waals surface area contributed by atoms with Crippen LogP contribution in [0, 0.1) is 5.92 Å². The van der Waals surface area contributed by atoms with Crippen LogP contribution in [0.1, 0.15) is 37.9 Å². The minimum absolute atomic E-state index is 0.0187. The fourth-order valence-corrected chi connectivity index (χ4v) is 3.88. The molecule has 1 aliphatic heterocycles. The molecule has 0 spiro atoms. The van der Waals surface area contributed by atoms with E-state index in [0.29, 0.717) is 5.92 Å². The van der Waals surface area contributed by atoms with E-state index in [0.717, 1.165) is 31.9 Å². The van der Waals surface area contributed by atoms with Crippen molar-refractivity contribution in [3.05, 3.63) is 48.0 Å². The third-order valence-electron chi connectivity index (χ3n) is 5.07. The molecule has 1 fully saturated rings. The number of imidazole rings is 1. The molecule has 2 heterocycles. The van der Waals surface area contributed by atoms with Crippen LogP contribution >= 0.6 is 0 Å². The smallest absolute Gasteiger partial charge is 0.217 e. The number of aromatic nitrogens is 2. The van der Waals surface area contributed by atoms with E-state index in [4.69, 9.17) is 4.74 Å². The molecule has 2 atom stereocenters. The highest BCUT2D eigenvalue weighted by atomic mass is 16.5. The highest BCUT2D eigenvalue weighted by Gasteiger charge is 2.34. The second-order valence-electron chi connectivity index (χ2n) is 7.81. The maximum absolute atomic E-state index is 11.7. The summed E-state index contributed by atoms with van der Waals surface area (Å²) in [6.07, 6.45) is 3.87. The van der Waals surface area contributed by atoms with E-state index in [1.54, 1.807) is 14.0 Å². The lowest BCUT2D eigenvalue weighted by Gasteiger charge is -2.19. The normalized spacial score (nSPS) is 20.2. The average Bonchev–Trinajstić information content (AvgIpc) is 3.21. The number of nitrogens with zero attached hydrogens (tertiary/aromatic N) is 3. The number of nitrogens with one attached hydrogen (secondary N) is 1. The maximum Gasteiger partial charge on any atom is 0.217 e. The summed E-state index contributed by atoms with van der Waals surface area (Å²) in [5, 5.41) is 3.14. The van der Waals surface area contributed by atoms with Gasteiger partial charge >= 0.3 is 0 Å². The van der Waals surface area contributed by atoms with E-state index in [9.17, 15) is 4.79 Å². The Balaban J connectivity index is 1.74. The molecule has 0 radical (unpaired) electrons. The number of methoxy groups -OCH3 is 1. The van der Waals surface area contributed by atoms with Crippen LogP contribution in [0.5, 0.6) is 5.75 Å². The summed E-state index contributed by atoms with van der Waals surface area (Å²) in [7, 11) is 1.67. The minimum Gasteiger partial charge on any atom is -0.497 e. The van der Waals surface area contributed by atoms with E-state index in [1.807, 2.05) is 24.7 Å². The minimum atomic E-state index is 0.0187. The summed E-state index contributed by atoms with van der Waals surface area (Å²) in [4.78, 5) is 18.5. The van der Waals surface area contributed by atoms with Crippen LogP contribution in [0.3, 0.4) is 0 Å². The fourth-order valence-electron chi connectivity index (χ4n) is 3.88. The number of hydrogen-bond donors (Lipinski definition) is 1. The Morgan fingerprint density at radius 2 is 2.04 bits per heavy atom. The van der Waals surface area contributed by atoms with Crippen LogP contribution in [0.25, 0.3) is 0 Å². The molecule has 1 aromatic carbocycles. The van der Waals surface area contributed by atoms with E-state index < -0.39 is 0 Å². The predicted octanol–water partition coefficient (Wildman–Crippen LogP) is 2.65. The Kier molecular flexibility index (Phi) is 6.16. The van der Waals surface area contributed by atoms with Crippen molar-refractivity contribution in [2.75, 3.05) is 20.2 Å². The molecule has 1 aromatic heterocycles. The molecular formula is C21H30N4O2. The molecule has 1 N–H and O–H groups in total. The van der Waals surface area contributed by atoms with Crippen molar-refractivity contribution in [3.8, 4) is 5.75 Å². The number of likely N-dealkylation sites (tertiary alicyclic amines) is 1. The van der Waals surface area contributed by atoms with Gasteiger partial charge in [0.05, 0.1) is 19.1 Å². The molecule has 2 aromatic rings. The molecule has 0 unspecified atom stereocenters. The first-order valence-electron chi connectivity index (χ1n) is 9.58. The van der Waals surface area contributed by atoms with Gasteiger partial charge in [-0.3, -0.25) is 9.69 Å². The molecule has 27 heavy (non-hydrogen) atoms. The van der Waals surface area contributed by atoms with Crippen LogP contribution < -0.4 is 10.1 Å². The van der Waals surface area contributed by atoms with Gasteiger partial charge in [-0.2, -0.15) is 0 Å². The topological polar surface area (TPSA) is 59.4 Å². The predicted molar refractivity (Wildman–Crippen MR) is 106 cm³/mol. The Hall–Kier alpha value is -2.34. The number of rotatable bonds is 7. The number of hydrogen-bond acceptors (Lipinski definition) is 4. The molecule has 6 heteroatoms. The summed E-state index contributed by atoms with van der Waals surface area (Å²) < 4.78 is 7.50. The van der Waals surface area contributed by atoms with Gasteiger partial charge < -0.3 is 14.6 Å². The van der Waals surface area contributed by atoms with Crippen molar-refractivity contribution in [2.24, 2.45) is 5.92 Å². The molecule has 1 saturated heterocycles. The van der Waals surface area contributed by atoms with E-state index in [1.165, 1.54) is 11.3 Å². The monoisotopic (exact) mass is 370 g/mol.